The summed E-state index contributed by atoms with van der Waals surface area (Å²) >= 11 is 0. The Kier molecular flexibility index (Phi) is 4.75. The van der Waals surface area contributed by atoms with E-state index in [1.165, 1.54) is 19.2 Å². The molecule has 2 fully saturated rings. The Balaban J connectivity index is 1.73. The van der Waals surface area contributed by atoms with Crippen LogP contribution in [-0.4, -0.2) is 78.6 Å². The molecular formula is C15H24N4O3. The van der Waals surface area contributed by atoms with Crippen LogP contribution < -0.4 is 9.64 Å². The minimum atomic E-state index is -0.876. The van der Waals surface area contributed by atoms with E-state index in [4.69, 9.17) is 9.47 Å². The Morgan fingerprint density at radius 2 is 2.14 bits per heavy atom. The number of hydrogen-bond acceptors (Lipinski definition) is 7. The molecule has 0 amide bonds. The molecule has 1 atom stereocenters. The molecule has 7 nitrogen and oxygen atoms in total. The van der Waals surface area contributed by atoms with Crippen LogP contribution in [0.1, 0.15) is 12.8 Å². The molecule has 0 radical (unpaired) electrons. The molecule has 0 spiro atoms. The maximum atomic E-state index is 11.0. The van der Waals surface area contributed by atoms with Crippen molar-refractivity contribution < 1.29 is 14.6 Å². The van der Waals surface area contributed by atoms with Gasteiger partial charge in [-0.3, -0.25) is 0 Å². The molecule has 1 aromatic rings. The maximum absolute atomic E-state index is 11.0. The summed E-state index contributed by atoms with van der Waals surface area (Å²) in [5.41, 5.74) is -0.876. The molecule has 122 valence electrons. The average Bonchev–Trinajstić information content (AvgIpc) is 2.95. The molecule has 0 unspecified atom stereocenters. The third-order valence-electron chi connectivity index (χ3n) is 4.24. The van der Waals surface area contributed by atoms with E-state index in [1.807, 2.05) is 4.90 Å². The van der Waals surface area contributed by atoms with Gasteiger partial charge in [0, 0.05) is 19.2 Å². The molecule has 1 aromatic heterocycles. The summed E-state index contributed by atoms with van der Waals surface area (Å²) in [5.74, 6) is 1.29. The largest absolute Gasteiger partial charge is 0.481 e. The number of nitrogens with zero attached hydrogens (tertiary/aromatic N) is 4. The lowest BCUT2D eigenvalue weighted by molar-refractivity contribution is -0.0439. The van der Waals surface area contributed by atoms with Gasteiger partial charge < -0.3 is 24.4 Å². The van der Waals surface area contributed by atoms with Gasteiger partial charge in [0.05, 0.1) is 26.9 Å². The molecule has 2 aliphatic heterocycles. The molecule has 0 aromatic carbocycles. The number of methoxy groups -OCH3 is 1. The second-order valence-electron chi connectivity index (χ2n) is 6.10. The van der Waals surface area contributed by atoms with Gasteiger partial charge >= 0.3 is 0 Å². The lowest BCUT2D eigenvalue weighted by Gasteiger charge is -2.34. The zero-order valence-electron chi connectivity index (χ0n) is 13.1. The summed E-state index contributed by atoms with van der Waals surface area (Å²) in [5, 5.41) is 11.0. The quantitative estimate of drug-likeness (QED) is 0.849. The van der Waals surface area contributed by atoms with Crippen molar-refractivity contribution in [3.8, 4) is 5.88 Å². The summed E-state index contributed by atoms with van der Waals surface area (Å²) in [7, 11) is 1.58. The lowest BCUT2D eigenvalue weighted by Crippen LogP contribution is -2.52. The van der Waals surface area contributed by atoms with E-state index in [1.54, 1.807) is 13.2 Å². The Morgan fingerprint density at radius 3 is 2.91 bits per heavy atom. The molecule has 1 N–H and O–H groups in total. The smallest absolute Gasteiger partial charge is 0.218 e. The van der Waals surface area contributed by atoms with Gasteiger partial charge in [-0.15, -0.1) is 0 Å². The minimum Gasteiger partial charge on any atom is -0.481 e. The average molecular weight is 308 g/mol. The third-order valence-corrected chi connectivity index (χ3v) is 4.24. The number of likely N-dealkylation sites (tertiary alicyclic amines) is 1. The predicted octanol–water partition coefficient (Wildman–Crippen LogP) is 0.149. The molecule has 2 saturated heterocycles. The van der Waals surface area contributed by atoms with Gasteiger partial charge in [0.15, 0.2) is 0 Å². The van der Waals surface area contributed by atoms with Crippen LogP contribution in [0.4, 0.5) is 5.82 Å². The second kappa shape index (κ2) is 6.76. The molecule has 0 aliphatic carbocycles. The van der Waals surface area contributed by atoms with E-state index >= 15 is 0 Å². The van der Waals surface area contributed by atoms with Crippen molar-refractivity contribution in [1.29, 1.82) is 0 Å². The van der Waals surface area contributed by atoms with Crippen molar-refractivity contribution in [1.82, 2.24) is 14.9 Å². The van der Waals surface area contributed by atoms with Crippen LogP contribution in [-0.2, 0) is 4.74 Å². The first kappa shape index (κ1) is 15.5. The first-order chi connectivity index (χ1) is 10.7. The van der Waals surface area contributed by atoms with Crippen molar-refractivity contribution in [3.05, 3.63) is 12.4 Å². The first-order valence-corrected chi connectivity index (χ1v) is 7.82. The fourth-order valence-corrected chi connectivity index (χ4v) is 3.18. The Morgan fingerprint density at radius 1 is 1.32 bits per heavy atom. The normalized spacial score (nSPS) is 26.9. The number of aliphatic hydroxyl groups is 1. The molecule has 0 bridgehead atoms. The van der Waals surface area contributed by atoms with Gasteiger partial charge in [-0.2, -0.15) is 0 Å². The number of aromatic nitrogens is 2. The summed E-state index contributed by atoms with van der Waals surface area (Å²) in [6, 6.07) is 1.79. The van der Waals surface area contributed by atoms with Crippen molar-refractivity contribution in [2.75, 3.05) is 57.9 Å². The van der Waals surface area contributed by atoms with Gasteiger partial charge in [0.1, 0.15) is 17.7 Å². The molecule has 3 rings (SSSR count). The maximum Gasteiger partial charge on any atom is 0.218 e. The number of ether oxygens (including phenoxy) is 2. The Bertz CT molecular complexity index is 495. The van der Waals surface area contributed by atoms with Crippen molar-refractivity contribution in [2.45, 2.75) is 18.4 Å². The number of anilines is 1. The first-order valence-electron chi connectivity index (χ1n) is 7.82. The molecule has 3 heterocycles. The van der Waals surface area contributed by atoms with E-state index < -0.39 is 5.60 Å². The number of hydrogen-bond donors (Lipinski definition) is 1. The zero-order chi connectivity index (χ0) is 15.4. The SMILES string of the molecule is COc1cc(N2CCOC[C@@](O)(CN3CCCC3)C2)ncn1. The second-order valence-corrected chi connectivity index (χ2v) is 6.10. The van der Waals surface area contributed by atoms with Crippen molar-refractivity contribution >= 4 is 5.82 Å². The molecule has 7 heteroatoms. The van der Waals surface area contributed by atoms with Crippen LogP contribution in [0, 0.1) is 0 Å². The predicted molar refractivity (Wildman–Crippen MR) is 82.2 cm³/mol. The van der Waals surface area contributed by atoms with E-state index in [2.05, 4.69) is 14.9 Å². The van der Waals surface area contributed by atoms with Crippen LogP contribution in [0.3, 0.4) is 0 Å². The summed E-state index contributed by atoms with van der Waals surface area (Å²) in [6.45, 7) is 4.90. The van der Waals surface area contributed by atoms with Gasteiger partial charge in [0.25, 0.3) is 0 Å². The lowest BCUT2D eigenvalue weighted by atomic mass is 10.0. The van der Waals surface area contributed by atoms with Crippen LogP contribution in [0.15, 0.2) is 12.4 Å². The topological polar surface area (TPSA) is 71.0 Å². The van der Waals surface area contributed by atoms with E-state index in [9.17, 15) is 5.11 Å². The molecule has 22 heavy (non-hydrogen) atoms. The fourth-order valence-electron chi connectivity index (χ4n) is 3.18. The standard InChI is InChI=1S/C15H24N4O3/c1-21-14-8-13(16-12-17-14)19-6-7-22-11-15(20,10-19)9-18-4-2-3-5-18/h8,12,20H,2-7,9-11H2,1H3/t15-/m1/s1. The number of β-amino-alcohol motifs (C(OH)–C–C–N with tert-alkyl or cyclic N) is 1. The Labute approximate surface area is 130 Å². The van der Waals surface area contributed by atoms with Gasteiger partial charge in [0.2, 0.25) is 5.88 Å². The molecule has 0 saturated carbocycles. The van der Waals surface area contributed by atoms with Gasteiger partial charge in [-0.05, 0) is 25.9 Å². The molecular weight excluding hydrogens is 284 g/mol. The minimum absolute atomic E-state index is 0.363. The van der Waals surface area contributed by atoms with E-state index in [0.717, 1.165) is 18.9 Å². The zero-order valence-corrected chi connectivity index (χ0v) is 13.1. The Hall–Kier alpha value is -1.44. The third kappa shape index (κ3) is 3.66. The summed E-state index contributed by atoms with van der Waals surface area (Å²) < 4.78 is 10.8. The summed E-state index contributed by atoms with van der Waals surface area (Å²) in [6.07, 6.45) is 3.91. The van der Waals surface area contributed by atoms with Crippen molar-refractivity contribution in [2.24, 2.45) is 0 Å². The van der Waals surface area contributed by atoms with E-state index in [-0.39, 0.29) is 0 Å². The highest BCUT2D eigenvalue weighted by atomic mass is 16.5. The van der Waals surface area contributed by atoms with E-state index in [0.29, 0.717) is 38.7 Å². The highest BCUT2D eigenvalue weighted by molar-refractivity contribution is 5.41. The van der Waals surface area contributed by atoms with Crippen LogP contribution in [0.2, 0.25) is 0 Å². The van der Waals surface area contributed by atoms with Crippen LogP contribution >= 0.6 is 0 Å². The van der Waals surface area contributed by atoms with Crippen LogP contribution in [0.25, 0.3) is 0 Å². The fraction of sp³-hybridized carbons (Fsp3) is 0.733. The monoisotopic (exact) mass is 308 g/mol. The van der Waals surface area contributed by atoms with Crippen molar-refractivity contribution in [3.63, 3.8) is 0 Å². The highest BCUT2D eigenvalue weighted by Crippen LogP contribution is 2.22. The molecule has 2 aliphatic rings. The highest BCUT2D eigenvalue weighted by Gasteiger charge is 2.35. The van der Waals surface area contributed by atoms with Crippen LogP contribution in [0.5, 0.6) is 5.88 Å². The van der Waals surface area contributed by atoms with Gasteiger partial charge in [-0.1, -0.05) is 0 Å². The number of rotatable bonds is 4. The summed E-state index contributed by atoms with van der Waals surface area (Å²) in [4.78, 5) is 12.7. The van der Waals surface area contributed by atoms with Gasteiger partial charge in [-0.25, -0.2) is 9.97 Å².